The van der Waals surface area contributed by atoms with Crippen molar-refractivity contribution < 1.29 is 8.42 Å². The van der Waals surface area contributed by atoms with Crippen LogP contribution < -0.4 is 9.44 Å². The van der Waals surface area contributed by atoms with E-state index in [1.807, 2.05) is 73.7 Å². The van der Waals surface area contributed by atoms with Crippen LogP contribution in [0, 0.1) is 6.92 Å². The van der Waals surface area contributed by atoms with Crippen molar-refractivity contribution in [2.75, 3.05) is 0 Å². The summed E-state index contributed by atoms with van der Waals surface area (Å²) < 4.78 is 30.6. The van der Waals surface area contributed by atoms with Crippen LogP contribution in [0.4, 0.5) is 0 Å². The van der Waals surface area contributed by atoms with E-state index in [2.05, 4.69) is 14.4 Å². The number of nitrogens with zero attached hydrogens (tertiary/aromatic N) is 1. The van der Waals surface area contributed by atoms with Gasteiger partial charge in [-0.2, -0.15) is 17.9 Å². The normalized spacial score (nSPS) is 12.7. The number of aromatic nitrogens is 1. The number of nitrogens with one attached hydrogen (secondary N) is 2. The Balaban J connectivity index is 1.84. The number of aryl methyl sites for hydroxylation is 1. The summed E-state index contributed by atoms with van der Waals surface area (Å²) in [4.78, 5) is 4.02. The van der Waals surface area contributed by atoms with E-state index >= 15 is 0 Å². The minimum Gasteiger partial charge on any atom is -0.265 e. The summed E-state index contributed by atoms with van der Waals surface area (Å²) in [6.45, 7) is 2.20. The molecule has 1 aromatic heterocycles. The molecule has 0 amide bonds. The molecule has 26 heavy (non-hydrogen) atoms. The molecular formula is C20H21N3O2S. The molecule has 0 radical (unpaired) electrons. The molecule has 5 nitrogen and oxygen atoms in total. The zero-order chi connectivity index (χ0) is 18.4. The van der Waals surface area contributed by atoms with Crippen molar-refractivity contribution >= 4 is 10.2 Å². The van der Waals surface area contributed by atoms with Crippen molar-refractivity contribution in [2.45, 2.75) is 19.5 Å². The second-order valence-electron chi connectivity index (χ2n) is 6.00. The first kappa shape index (κ1) is 18.3. The van der Waals surface area contributed by atoms with Crippen LogP contribution in [-0.4, -0.2) is 13.4 Å². The summed E-state index contributed by atoms with van der Waals surface area (Å²) in [5, 5.41) is 0. The van der Waals surface area contributed by atoms with E-state index in [0.717, 1.165) is 22.3 Å². The van der Waals surface area contributed by atoms with E-state index in [1.54, 1.807) is 12.4 Å². The molecule has 0 aliphatic heterocycles. The van der Waals surface area contributed by atoms with E-state index < -0.39 is 16.3 Å². The van der Waals surface area contributed by atoms with Crippen molar-refractivity contribution in [2.24, 2.45) is 0 Å². The highest BCUT2D eigenvalue weighted by Crippen LogP contribution is 2.25. The first-order chi connectivity index (χ1) is 12.6. The van der Waals surface area contributed by atoms with Crippen molar-refractivity contribution in [3.8, 4) is 0 Å². The van der Waals surface area contributed by atoms with Gasteiger partial charge < -0.3 is 0 Å². The highest BCUT2D eigenvalue weighted by atomic mass is 32.2. The lowest BCUT2D eigenvalue weighted by atomic mass is 9.97. The molecular weight excluding hydrogens is 346 g/mol. The van der Waals surface area contributed by atoms with Gasteiger partial charge in [0.1, 0.15) is 0 Å². The molecule has 134 valence electrons. The topological polar surface area (TPSA) is 71.1 Å². The molecule has 0 bridgehead atoms. The molecule has 3 aromatic rings. The smallest absolute Gasteiger partial charge is 0.265 e. The molecule has 2 aromatic carbocycles. The summed E-state index contributed by atoms with van der Waals surface area (Å²) in [6.07, 6.45) is 3.32. The van der Waals surface area contributed by atoms with Crippen LogP contribution in [0.25, 0.3) is 0 Å². The van der Waals surface area contributed by atoms with Crippen molar-refractivity contribution in [1.29, 1.82) is 0 Å². The third-order valence-electron chi connectivity index (χ3n) is 4.12. The molecule has 0 aliphatic rings. The van der Waals surface area contributed by atoms with Gasteiger partial charge in [0.05, 0.1) is 6.04 Å². The highest BCUT2D eigenvalue weighted by Gasteiger charge is 2.22. The van der Waals surface area contributed by atoms with E-state index in [4.69, 9.17) is 0 Å². The fourth-order valence-corrected chi connectivity index (χ4v) is 3.76. The molecule has 0 spiro atoms. The first-order valence-corrected chi connectivity index (χ1v) is 9.80. The van der Waals surface area contributed by atoms with E-state index in [1.165, 1.54) is 0 Å². The third kappa shape index (κ3) is 4.76. The summed E-state index contributed by atoms with van der Waals surface area (Å²) in [6, 6.07) is 20.3. The molecule has 2 N–H and O–H groups in total. The van der Waals surface area contributed by atoms with E-state index in [9.17, 15) is 8.42 Å². The van der Waals surface area contributed by atoms with Crippen LogP contribution in [0.5, 0.6) is 0 Å². The lowest BCUT2D eigenvalue weighted by Crippen LogP contribution is -2.39. The Labute approximate surface area is 154 Å². The van der Waals surface area contributed by atoms with Gasteiger partial charge in [-0.1, -0.05) is 54.6 Å². The highest BCUT2D eigenvalue weighted by molar-refractivity contribution is 7.87. The molecule has 0 saturated heterocycles. The second-order valence-corrected chi connectivity index (χ2v) is 7.53. The number of pyridine rings is 1. The monoisotopic (exact) mass is 367 g/mol. The minimum atomic E-state index is -3.71. The van der Waals surface area contributed by atoms with Gasteiger partial charge in [-0.05, 0) is 41.3 Å². The number of rotatable bonds is 7. The van der Waals surface area contributed by atoms with Crippen molar-refractivity contribution in [3.63, 3.8) is 0 Å². The second kappa shape index (κ2) is 8.23. The zero-order valence-corrected chi connectivity index (χ0v) is 15.3. The summed E-state index contributed by atoms with van der Waals surface area (Å²) >= 11 is 0. The molecule has 0 fully saturated rings. The lowest BCUT2D eigenvalue weighted by molar-refractivity contribution is 0.556. The van der Waals surface area contributed by atoms with Crippen LogP contribution in [0.15, 0.2) is 79.1 Å². The van der Waals surface area contributed by atoms with Crippen molar-refractivity contribution in [3.05, 3.63) is 101 Å². The third-order valence-corrected chi connectivity index (χ3v) is 5.19. The quantitative estimate of drug-likeness (QED) is 0.674. The van der Waals surface area contributed by atoms with Crippen molar-refractivity contribution in [1.82, 2.24) is 14.4 Å². The summed E-state index contributed by atoms with van der Waals surface area (Å²) in [7, 11) is -3.71. The Morgan fingerprint density at radius 2 is 1.58 bits per heavy atom. The SMILES string of the molecule is Cc1ccccc1[C@@H](NS(=O)(=O)NCc1ccccc1)c1ccncc1. The van der Waals surface area contributed by atoms with Gasteiger partial charge in [0.25, 0.3) is 10.2 Å². The number of hydrogen-bond donors (Lipinski definition) is 2. The average molecular weight is 367 g/mol. The Morgan fingerprint density at radius 1 is 0.923 bits per heavy atom. The van der Waals surface area contributed by atoms with Gasteiger partial charge >= 0.3 is 0 Å². The van der Waals surface area contributed by atoms with E-state index in [-0.39, 0.29) is 6.54 Å². The van der Waals surface area contributed by atoms with Gasteiger partial charge in [0, 0.05) is 18.9 Å². The van der Waals surface area contributed by atoms with Crippen LogP contribution >= 0.6 is 0 Å². The Bertz CT molecular complexity index is 945. The molecule has 0 saturated carbocycles. The largest absolute Gasteiger partial charge is 0.278 e. The van der Waals surface area contributed by atoms with Crippen LogP contribution in [-0.2, 0) is 16.8 Å². The van der Waals surface area contributed by atoms with Gasteiger partial charge in [-0.25, -0.2) is 0 Å². The maximum atomic E-state index is 12.6. The summed E-state index contributed by atoms with van der Waals surface area (Å²) in [5.41, 5.74) is 3.65. The van der Waals surface area contributed by atoms with Crippen LogP contribution in [0.3, 0.4) is 0 Å². The molecule has 6 heteroatoms. The van der Waals surface area contributed by atoms with E-state index in [0.29, 0.717) is 0 Å². The van der Waals surface area contributed by atoms with Crippen LogP contribution in [0.2, 0.25) is 0 Å². The van der Waals surface area contributed by atoms with Crippen LogP contribution in [0.1, 0.15) is 28.3 Å². The summed E-state index contributed by atoms with van der Waals surface area (Å²) in [5.74, 6) is 0. The fraction of sp³-hybridized carbons (Fsp3) is 0.150. The standard InChI is InChI=1S/C20H21N3O2S/c1-16-7-5-6-10-19(16)20(18-11-13-21-14-12-18)23-26(24,25)22-15-17-8-3-2-4-9-17/h2-14,20,22-23H,15H2,1H3/t20-/m0/s1. The lowest BCUT2D eigenvalue weighted by Gasteiger charge is -2.21. The zero-order valence-electron chi connectivity index (χ0n) is 14.5. The van der Waals surface area contributed by atoms with Gasteiger partial charge in [0.15, 0.2) is 0 Å². The first-order valence-electron chi connectivity index (χ1n) is 8.31. The minimum absolute atomic E-state index is 0.229. The van der Waals surface area contributed by atoms with Gasteiger partial charge in [-0.15, -0.1) is 0 Å². The molecule has 3 rings (SSSR count). The molecule has 1 heterocycles. The number of benzene rings is 2. The molecule has 0 unspecified atom stereocenters. The number of hydrogen-bond acceptors (Lipinski definition) is 3. The Morgan fingerprint density at radius 3 is 2.27 bits per heavy atom. The van der Waals surface area contributed by atoms with Gasteiger partial charge in [0.2, 0.25) is 0 Å². The fourth-order valence-electron chi connectivity index (χ4n) is 2.75. The maximum Gasteiger partial charge on any atom is 0.278 e. The maximum absolute atomic E-state index is 12.6. The average Bonchev–Trinajstić information content (AvgIpc) is 2.67. The predicted octanol–water partition coefficient (Wildman–Crippen LogP) is 3.10. The molecule has 0 aliphatic carbocycles. The Kier molecular flexibility index (Phi) is 5.78. The molecule has 1 atom stereocenters. The predicted molar refractivity (Wildman–Crippen MR) is 103 cm³/mol. The Hall–Kier alpha value is -2.54. The van der Waals surface area contributed by atoms with Gasteiger partial charge in [-0.3, -0.25) is 4.98 Å².